The normalized spacial score (nSPS) is 23.3. The predicted octanol–water partition coefficient (Wildman–Crippen LogP) is 1.87. The van der Waals surface area contributed by atoms with Crippen molar-refractivity contribution in [2.75, 3.05) is 26.9 Å². The van der Waals surface area contributed by atoms with Crippen LogP contribution in [-0.4, -0.2) is 32.0 Å². The van der Waals surface area contributed by atoms with Crippen molar-refractivity contribution in [1.82, 2.24) is 0 Å². The molecule has 3 rings (SSSR count). The summed E-state index contributed by atoms with van der Waals surface area (Å²) in [4.78, 5) is 0. The largest absolute Gasteiger partial charge is 0.494 e. The third-order valence-corrected chi connectivity index (χ3v) is 4.57. The highest BCUT2D eigenvalue weighted by molar-refractivity contribution is 5.39. The molecule has 3 nitrogen and oxygen atoms in total. The van der Waals surface area contributed by atoms with Crippen molar-refractivity contribution in [1.29, 1.82) is 0 Å². The first kappa shape index (κ1) is 11.9. The molecule has 98 valence electrons. The topological polar surface area (TPSA) is 38.7 Å². The molecule has 0 radical (unpaired) electrons. The Morgan fingerprint density at radius 1 is 1.39 bits per heavy atom. The average Bonchev–Trinajstić information content (AvgIpc) is 3.09. The van der Waals surface area contributed by atoms with E-state index in [4.69, 9.17) is 9.47 Å². The zero-order valence-electron chi connectivity index (χ0n) is 10.4. The number of hydrogen-bond donors (Lipinski definition) is 1. The monoisotopic (exact) mass is 252 g/mol. The van der Waals surface area contributed by atoms with E-state index in [9.17, 15) is 9.50 Å². The van der Waals surface area contributed by atoms with E-state index >= 15 is 0 Å². The van der Waals surface area contributed by atoms with Crippen molar-refractivity contribution in [3.8, 4) is 5.75 Å². The number of halogens is 1. The predicted molar refractivity (Wildman–Crippen MR) is 64.2 cm³/mol. The number of benzene rings is 1. The van der Waals surface area contributed by atoms with Crippen molar-refractivity contribution in [2.45, 2.75) is 18.3 Å². The summed E-state index contributed by atoms with van der Waals surface area (Å²) in [6.45, 7) is 1.28. The first-order valence-corrected chi connectivity index (χ1v) is 6.20. The Labute approximate surface area is 106 Å². The number of hydrogen-bond acceptors (Lipinski definition) is 3. The van der Waals surface area contributed by atoms with Gasteiger partial charge in [-0.2, -0.15) is 0 Å². The van der Waals surface area contributed by atoms with Gasteiger partial charge in [0, 0.05) is 17.4 Å². The van der Waals surface area contributed by atoms with Crippen molar-refractivity contribution in [3.05, 3.63) is 29.6 Å². The third kappa shape index (κ3) is 1.42. The van der Waals surface area contributed by atoms with E-state index in [2.05, 4.69) is 0 Å². The van der Waals surface area contributed by atoms with E-state index < -0.39 is 0 Å². The number of methoxy groups -OCH3 is 1. The Kier molecular flexibility index (Phi) is 2.61. The summed E-state index contributed by atoms with van der Waals surface area (Å²) < 4.78 is 24.1. The van der Waals surface area contributed by atoms with Crippen LogP contribution in [0.3, 0.4) is 0 Å². The first-order valence-electron chi connectivity index (χ1n) is 6.20. The molecule has 0 spiro atoms. The molecule has 2 fully saturated rings. The second-order valence-corrected chi connectivity index (χ2v) is 5.36. The summed E-state index contributed by atoms with van der Waals surface area (Å²) in [5.74, 6) is -0.0991. The SMILES string of the molecule is COc1ccc(C2(C3(CO)CC3)COC2)cc1F. The Morgan fingerprint density at radius 3 is 2.50 bits per heavy atom. The fourth-order valence-electron chi connectivity index (χ4n) is 2.99. The van der Waals surface area contributed by atoms with Gasteiger partial charge >= 0.3 is 0 Å². The highest BCUT2D eigenvalue weighted by atomic mass is 19.1. The van der Waals surface area contributed by atoms with Gasteiger partial charge in [-0.3, -0.25) is 0 Å². The molecule has 0 aromatic heterocycles. The van der Waals surface area contributed by atoms with Gasteiger partial charge in [-0.1, -0.05) is 6.07 Å². The van der Waals surface area contributed by atoms with Crippen LogP contribution in [0.15, 0.2) is 18.2 Å². The number of ether oxygens (including phenoxy) is 2. The summed E-state index contributed by atoms with van der Waals surface area (Å²) in [5.41, 5.74) is 0.597. The van der Waals surface area contributed by atoms with Crippen LogP contribution < -0.4 is 4.74 Å². The minimum absolute atomic E-state index is 0.105. The van der Waals surface area contributed by atoms with Gasteiger partial charge < -0.3 is 14.6 Å². The molecule has 1 N–H and O–H groups in total. The molecule has 1 aliphatic carbocycles. The fourth-order valence-corrected chi connectivity index (χ4v) is 2.99. The Balaban J connectivity index is 2.00. The Hall–Kier alpha value is -1.13. The lowest BCUT2D eigenvalue weighted by Gasteiger charge is -2.48. The minimum atomic E-state index is -0.352. The molecule has 1 aromatic rings. The van der Waals surface area contributed by atoms with E-state index in [1.54, 1.807) is 6.07 Å². The molecule has 0 amide bonds. The molecule has 18 heavy (non-hydrogen) atoms. The van der Waals surface area contributed by atoms with Gasteiger partial charge in [-0.05, 0) is 30.5 Å². The molecule has 0 atom stereocenters. The van der Waals surface area contributed by atoms with Gasteiger partial charge in [0.1, 0.15) is 0 Å². The second-order valence-electron chi connectivity index (χ2n) is 5.36. The van der Waals surface area contributed by atoms with Gasteiger partial charge in [0.05, 0.1) is 20.3 Å². The molecular formula is C14H17FO3. The van der Waals surface area contributed by atoms with Crippen LogP contribution in [0.2, 0.25) is 0 Å². The fraction of sp³-hybridized carbons (Fsp3) is 0.571. The maximum absolute atomic E-state index is 13.8. The second kappa shape index (κ2) is 3.93. The average molecular weight is 252 g/mol. The zero-order chi connectivity index (χ0) is 12.8. The maximum atomic E-state index is 13.8. The van der Waals surface area contributed by atoms with Crippen LogP contribution in [0.4, 0.5) is 4.39 Å². The van der Waals surface area contributed by atoms with Crippen LogP contribution in [0, 0.1) is 11.2 Å². The highest BCUT2D eigenvalue weighted by Crippen LogP contribution is 2.62. The quantitative estimate of drug-likeness (QED) is 0.889. The molecule has 1 saturated heterocycles. The zero-order valence-corrected chi connectivity index (χ0v) is 10.4. The number of aliphatic hydroxyl groups excluding tert-OH is 1. The van der Waals surface area contributed by atoms with Crippen molar-refractivity contribution < 1.29 is 19.0 Å². The van der Waals surface area contributed by atoms with Crippen LogP contribution >= 0.6 is 0 Å². The van der Waals surface area contributed by atoms with Gasteiger partial charge in [-0.15, -0.1) is 0 Å². The summed E-state index contributed by atoms with van der Waals surface area (Å²) in [7, 11) is 1.45. The standard InChI is InChI=1S/C14H17FO3/c1-17-12-3-2-10(6-11(12)15)14(8-18-9-14)13(7-16)4-5-13/h2-3,6,16H,4-5,7-9H2,1H3. The number of rotatable bonds is 4. The first-order chi connectivity index (χ1) is 8.67. The smallest absolute Gasteiger partial charge is 0.165 e. The lowest BCUT2D eigenvalue weighted by Crippen LogP contribution is -2.55. The van der Waals surface area contributed by atoms with Gasteiger partial charge in [0.2, 0.25) is 0 Å². The Morgan fingerprint density at radius 2 is 2.11 bits per heavy atom. The molecular weight excluding hydrogens is 235 g/mol. The molecule has 0 bridgehead atoms. The van der Waals surface area contributed by atoms with Gasteiger partial charge in [0.15, 0.2) is 11.6 Å². The molecule has 2 aliphatic rings. The summed E-state index contributed by atoms with van der Waals surface area (Å²) >= 11 is 0. The van der Waals surface area contributed by atoms with E-state index in [0.717, 1.165) is 18.4 Å². The van der Waals surface area contributed by atoms with Crippen molar-refractivity contribution in [3.63, 3.8) is 0 Å². The summed E-state index contributed by atoms with van der Waals surface area (Å²) in [5, 5.41) is 9.61. The van der Waals surface area contributed by atoms with Gasteiger partial charge in [0.25, 0.3) is 0 Å². The van der Waals surface area contributed by atoms with Crippen molar-refractivity contribution >= 4 is 0 Å². The van der Waals surface area contributed by atoms with Gasteiger partial charge in [-0.25, -0.2) is 4.39 Å². The Bertz CT molecular complexity index is 464. The van der Waals surface area contributed by atoms with E-state index in [-0.39, 0.29) is 29.0 Å². The minimum Gasteiger partial charge on any atom is -0.494 e. The van der Waals surface area contributed by atoms with E-state index in [1.165, 1.54) is 13.2 Å². The van der Waals surface area contributed by atoms with Crippen molar-refractivity contribution in [2.24, 2.45) is 5.41 Å². The molecule has 4 heteroatoms. The lowest BCUT2D eigenvalue weighted by atomic mass is 9.66. The molecule has 0 unspecified atom stereocenters. The van der Waals surface area contributed by atoms with E-state index in [0.29, 0.717) is 13.2 Å². The molecule has 1 aromatic carbocycles. The van der Waals surface area contributed by atoms with E-state index in [1.807, 2.05) is 6.07 Å². The molecule has 1 aliphatic heterocycles. The van der Waals surface area contributed by atoms with Crippen LogP contribution in [0.25, 0.3) is 0 Å². The molecule has 1 heterocycles. The summed E-state index contributed by atoms with van der Waals surface area (Å²) in [6.07, 6.45) is 1.97. The number of aliphatic hydroxyl groups is 1. The highest BCUT2D eigenvalue weighted by Gasteiger charge is 2.63. The summed E-state index contributed by atoms with van der Waals surface area (Å²) in [6, 6.07) is 5.06. The van der Waals surface area contributed by atoms with Crippen LogP contribution in [0.1, 0.15) is 18.4 Å². The lowest BCUT2D eigenvalue weighted by molar-refractivity contribution is -0.110. The van der Waals surface area contributed by atoms with Crippen LogP contribution in [-0.2, 0) is 10.2 Å². The third-order valence-electron chi connectivity index (χ3n) is 4.57. The maximum Gasteiger partial charge on any atom is 0.165 e. The van der Waals surface area contributed by atoms with Crippen LogP contribution in [0.5, 0.6) is 5.75 Å². The molecule has 1 saturated carbocycles.